The van der Waals surface area contributed by atoms with Gasteiger partial charge in [-0.1, -0.05) is 31.4 Å². The predicted molar refractivity (Wildman–Crippen MR) is 146 cm³/mol. The molecule has 9 nitrogen and oxygen atoms in total. The topological polar surface area (TPSA) is 120 Å². The zero-order valence-corrected chi connectivity index (χ0v) is 22.8. The highest BCUT2D eigenvalue weighted by atomic mass is 16.5. The quantitative estimate of drug-likeness (QED) is 0.367. The van der Waals surface area contributed by atoms with Crippen LogP contribution in [-0.2, 0) is 16.1 Å². The lowest BCUT2D eigenvalue weighted by atomic mass is 9.93. The molecule has 1 heterocycles. The number of amides is 2. The molecule has 0 aromatic heterocycles. The van der Waals surface area contributed by atoms with E-state index in [2.05, 4.69) is 15.2 Å². The molecule has 1 aliphatic carbocycles. The van der Waals surface area contributed by atoms with Crippen molar-refractivity contribution in [3.63, 3.8) is 0 Å². The summed E-state index contributed by atoms with van der Waals surface area (Å²) in [7, 11) is 0. The van der Waals surface area contributed by atoms with Crippen LogP contribution in [-0.4, -0.2) is 70.6 Å². The number of para-hydroxylation sites is 1. The van der Waals surface area contributed by atoms with Crippen LogP contribution in [0, 0.1) is 0 Å². The maximum atomic E-state index is 13.1. The molecule has 0 bridgehead atoms. The van der Waals surface area contributed by atoms with Crippen LogP contribution in [0.1, 0.15) is 84.1 Å². The van der Waals surface area contributed by atoms with E-state index in [1.54, 1.807) is 4.90 Å². The summed E-state index contributed by atoms with van der Waals surface area (Å²) in [6, 6.07) is 6.07. The lowest BCUT2D eigenvalue weighted by Gasteiger charge is -2.34. The Bertz CT molecular complexity index is 937. The molecule has 0 unspecified atom stereocenters. The molecule has 206 valence electrons. The number of hydrogen-bond acceptors (Lipinski definition) is 7. The zero-order chi connectivity index (χ0) is 26.8. The summed E-state index contributed by atoms with van der Waals surface area (Å²) in [5.74, 6) is 0.993. The first-order valence-electron chi connectivity index (χ1n) is 13.7. The summed E-state index contributed by atoms with van der Waals surface area (Å²) in [5, 5.41) is 12.1. The number of nitrogens with one attached hydrogen (secondary N) is 1. The molecule has 4 N–H and O–H groups in total. The number of carbonyl (C=O) groups excluding carboxylic acids is 2. The van der Waals surface area contributed by atoms with Gasteiger partial charge in [0, 0.05) is 43.3 Å². The van der Waals surface area contributed by atoms with Crippen molar-refractivity contribution < 1.29 is 19.4 Å². The average Bonchev–Trinajstić information content (AvgIpc) is 2.84. The molecule has 0 atom stereocenters. The largest absolute Gasteiger partial charge is 0.491 e. The second-order valence-electron chi connectivity index (χ2n) is 11.1. The molecule has 1 aromatic rings. The fourth-order valence-corrected chi connectivity index (χ4v) is 5.03. The van der Waals surface area contributed by atoms with E-state index in [0.29, 0.717) is 43.5 Å². The number of aliphatic hydroxyl groups excluding tert-OH is 1. The van der Waals surface area contributed by atoms with Gasteiger partial charge in [0.25, 0.3) is 0 Å². The maximum Gasteiger partial charge on any atom is 0.240 e. The second-order valence-corrected chi connectivity index (χ2v) is 11.1. The summed E-state index contributed by atoms with van der Waals surface area (Å²) >= 11 is 0. The minimum atomic E-state index is -0.314. The molecular formula is C28H45N5O4. The Hall–Kier alpha value is -2.81. The van der Waals surface area contributed by atoms with Crippen molar-refractivity contribution in [2.75, 3.05) is 26.3 Å². The van der Waals surface area contributed by atoms with Crippen LogP contribution >= 0.6 is 0 Å². The van der Waals surface area contributed by atoms with Gasteiger partial charge in [-0.05, 0) is 58.9 Å². The lowest BCUT2D eigenvalue weighted by Crippen LogP contribution is -2.49. The predicted octanol–water partition coefficient (Wildman–Crippen LogP) is 3.46. The maximum absolute atomic E-state index is 13.1. The van der Waals surface area contributed by atoms with Crippen molar-refractivity contribution in [3.8, 4) is 5.75 Å². The Morgan fingerprint density at radius 2 is 1.95 bits per heavy atom. The van der Waals surface area contributed by atoms with E-state index in [1.807, 2.05) is 39.0 Å². The first kappa shape index (κ1) is 28.8. The molecule has 37 heavy (non-hydrogen) atoms. The van der Waals surface area contributed by atoms with Crippen LogP contribution in [0.3, 0.4) is 0 Å². The van der Waals surface area contributed by atoms with Gasteiger partial charge in [0.2, 0.25) is 11.8 Å². The van der Waals surface area contributed by atoms with Crippen molar-refractivity contribution in [1.29, 1.82) is 0 Å². The molecule has 1 aromatic carbocycles. The number of unbranched alkanes of at least 4 members (excludes halogenated alkanes) is 1. The third-order valence-corrected chi connectivity index (χ3v) is 6.78. The summed E-state index contributed by atoms with van der Waals surface area (Å²) < 4.78 is 6.04. The highest BCUT2D eigenvalue weighted by Crippen LogP contribution is 2.35. The van der Waals surface area contributed by atoms with Crippen molar-refractivity contribution in [3.05, 3.63) is 23.8 Å². The molecule has 2 amide bonds. The molecule has 3 rings (SSSR count). The standard InChI is InChI=1S/C28H45N5O4/c1-28(2,3)31-24(35)20-32-19-21-11-9-14-23(26(21)30-27(32)29)37-18-10-15-25(36)33(16-7-8-17-34)22-12-5-4-6-13-22/h9,11,14,22,34H,4-8,10,12-13,15-20H2,1-3H3,(H2,29,30)(H,31,35). The zero-order valence-electron chi connectivity index (χ0n) is 22.8. The minimum absolute atomic E-state index is 0.107. The number of guanidine groups is 1. The first-order valence-corrected chi connectivity index (χ1v) is 13.7. The van der Waals surface area contributed by atoms with Gasteiger partial charge in [0.15, 0.2) is 5.96 Å². The van der Waals surface area contributed by atoms with Gasteiger partial charge >= 0.3 is 0 Å². The molecule has 0 spiro atoms. The number of nitrogens with two attached hydrogens (primary N) is 1. The number of nitrogens with zero attached hydrogens (tertiary/aromatic N) is 3. The Balaban J connectivity index is 1.53. The number of aliphatic imine (C=N–C) groups is 1. The van der Waals surface area contributed by atoms with Gasteiger partial charge in [-0.25, -0.2) is 4.99 Å². The van der Waals surface area contributed by atoms with Gasteiger partial charge in [0.05, 0.1) is 6.61 Å². The average molecular weight is 516 g/mol. The van der Waals surface area contributed by atoms with Gasteiger partial charge < -0.3 is 30.7 Å². The summed E-state index contributed by atoms with van der Waals surface area (Å²) in [4.78, 5) is 33.8. The summed E-state index contributed by atoms with van der Waals surface area (Å²) in [6.45, 7) is 7.72. The fourth-order valence-electron chi connectivity index (χ4n) is 5.03. The van der Waals surface area contributed by atoms with Gasteiger partial charge in [-0.2, -0.15) is 0 Å². The fraction of sp³-hybridized carbons (Fsp3) is 0.679. The highest BCUT2D eigenvalue weighted by molar-refractivity contribution is 5.89. The Kier molecular flexibility index (Phi) is 10.6. The third-order valence-electron chi connectivity index (χ3n) is 6.78. The molecule has 1 aliphatic heterocycles. The summed E-state index contributed by atoms with van der Waals surface area (Å²) in [5.41, 5.74) is 7.51. The van der Waals surface area contributed by atoms with E-state index in [0.717, 1.165) is 37.8 Å². The van der Waals surface area contributed by atoms with Gasteiger partial charge in [0.1, 0.15) is 18.0 Å². The minimum Gasteiger partial charge on any atom is -0.491 e. The Morgan fingerprint density at radius 1 is 1.19 bits per heavy atom. The Labute approximate surface area is 221 Å². The first-order chi connectivity index (χ1) is 17.7. The summed E-state index contributed by atoms with van der Waals surface area (Å²) in [6.07, 6.45) is 8.37. The van der Waals surface area contributed by atoms with Crippen LogP contribution < -0.4 is 15.8 Å². The van der Waals surface area contributed by atoms with E-state index in [1.165, 1.54) is 19.3 Å². The number of carbonyl (C=O) groups is 2. The van der Waals surface area contributed by atoms with Crippen molar-refractivity contribution in [2.45, 2.75) is 96.7 Å². The van der Waals surface area contributed by atoms with Crippen LogP contribution in [0.25, 0.3) is 0 Å². The number of fused-ring (bicyclic) bond motifs is 1. The number of benzene rings is 1. The Morgan fingerprint density at radius 3 is 2.65 bits per heavy atom. The van der Waals surface area contributed by atoms with E-state index < -0.39 is 0 Å². The van der Waals surface area contributed by atoms with Crippen LogP contribution in [0.4, 0.5) is 5.69 Å². The van der Waals surface area contributed by atoms with Crippen LogP contribution in [0.5, 0.6) is 5.75 Å². The number of aliphatic hydroxyl groups is 1. The molecule has 0 saturated heterocycles. The molecule has 9 heteroatoms. The van der Waals surface area contributed by atoms with E-state index in [-0.39, 0.29) is 36.5 Å². The number of ether oxygens (including phenoxy) is 1. The molecule has 1 fully saturated rings. The monoisotopic (exact) mass is 515 g/mol. The van der Waals surface area contributed by atoms with Crippen LogP contribution in [0.15, 0.2) is 23.2 Å². The smallest absolute Gasteiger partial charge is 0.240 e. The molecule has 0 radical (unpaired) electrons. The lowest BCUT2D eigenvalue weighted by molar-refractivity contribution is -0.134. The molecule has 1 saturated carbocycles. The number of hydrogen-bond donors (Lipinski definition) is 3. The van der Waals surface area contributed by atoms with E-state index in [9.17, 15) is 9.59 Å². The second kappa shape index (κ2) is 13.7. The van der Waals surface area contributed by atoms with Gasteiger partial charge in [-0.15, -0.1) is 0 Å². The van der Waals surface area contributed by atoms with Crippen molar-refractivity contribution in [1.82, 2.24) is 15.1 Å². The van der Waals surface area contributed by atoms with E-state index >= 15 is 0 Å². The third kappa shape index (κ3) is 8.91. The number of rotatable bonds is 12. The SMILES string of the molecule is CC(C)(C)NC(=O)CN1Cc2cccc(OCCCC(=O)N(CCCCO)C3CCCCC3)c2N=C1N. The van der Waals surface area contributed by atoms with Gasteiger partial charge in [-0.3, -0.25) is 9.59 Å². The van der Waals surface area contributed by atoms with Crippen LogP contribution in [0.2, 0.25) is 0 Å². The highest BCUT2D eigenvalue weighted by Gasteiger charge is 2.26. The normalized spacial score (nSPS) is 16.1. The molecule has 2 aliphatic rings. The van der Waals surface area contributed by atoms with Crippen molar-refractivity contribution in [2.24, 2.45) is 10.7 Å². The molecular weight excluding hydrogens is 470 g/mol. The van der Waals surface area contributed by atoms with E-state index in [4.69, 9.17) is 15.6 Å². The van der Waals surface area contributed by atoms with Crippen molar-refractivity contribution >= 4 is 23.5 Å².